The van der Waals surface area contributed by atoms with Crippen molar-refractivity contribution in [3.05, 3.63) is 102 Å². The number of benzene rings is 3. The number of rotatable bonds is 8. The van der Waals surface area contributed by atoms with Crippen molar-refractivity contribution in [3.8, 4) is 28.3 Å². The van der Waals surface area contributed by atoms with E-state index in [1.807, 2.05) is 60.7 Å². The number of hydrogen-bond acceptors (Lipinski definition) is 6. The van der Waals surface area contributed by atoms with E-state index in [0.717, 1.165) is 47.2 Å². The summed E-state index contributed by atoms with van der Waals surface area (Å²) < 4.78 is 11.7. The summed E-state index contributed by atoms with van der Waals surface area (Å²) in [6.07, 6.45) is 2.50. The van der Waals surface area contributed by atoms with Gasteiger partial charge in [-0.2, -0.15) is 0 Å². The second-order valence-electron chi connectivity index (χ2n) is 8.78. The quantitative estimate of drug-likeness (QED) is 0.373. The number of aliphatic carboxylic acids is 1. The van der Waals surface area contributed by atoms with Gasteiger partial charge in [-0.15, -0.1) is 0 Å². The number of oxazole rings is 1. The van der Waals surface area contributed by atoms with Crippen LogP contribution in [-0.2, 0) is 4.79 Å². The number of hydrogen-bond donors (Lipinski definition) is 1. The SMILES string of the molecule is O=C([O-])COc1cccc(C(O)C2=C(c3nc(-c4ccccc4)c(-c4ccccc4)o3)CCCC2)c1. The summed E-state index contributed by atoms with van der Waals surface area (Å²) in [5.41, 5.74) is 5.06. The van der Waals surface area contributed by atoms with Gasteiger partial charge in [-0.1, -0.05) is 72.8 Å². The molecule has 0 bridgehead atoms. The third kappa shape index (κ3) is 5.09. The third-order valence-electron chi connectivity index (χ3n) is 6.34. The molecule has 1 heterocycles. The van der Waals surface area contributed by atoms with E-state index in [9.17, 15) is 15.0 Å². The summed E-state index contributed by atoms with van der Waals surface area (Å²) in [6, 6.07) is 26.7. The molecule has 0 radical (unpaired) electrons. The van der Waals surface area contributed by atoms with Gasteiger partial charge >= 0.3 is 0 Å². The average Bonchev–Trinajstić information content (AvgIpc) is 3.38. The second-order valence-corrected chi connectivity index (χ2v) is 8.78. The van der Waals surface area contributed by atoms with Crippen LogP contribution in [0.5, 0.6) is 5.75 Å². The van der Waals surface area contributed by atoms with Gasteiger partial charge < -0.3 is 24.2 Å². The van der Waals surface area contributed by atoms with Crippen LogP contribution >= 0.6 is 0 Å². The van der Waals surface area contributed by atoms with Crippen LogP contribution in [0.2, 0.25) is 0 Å². The fourth-order valence-electron chi connectivity index (χ4n) is 4.62. The highest BCUT2D eigenvalue weighted by Gasteiger charge is 2.27. The number of aliphatic hydroxyl groups is 1. The second kappa shape index (κ2) is 10.6. The Morgan fingerprint density at radius 2 is 1.64 bits per heavy atom. The highest BCUT2D eigenvalue weighted by atomic mass is 16.5. The number of aromatic nitrogens is 1. The molecule has 1 aromatic heterocycles. The van der Waals surface area contributed by atoms with E-state index in [4.69, 9.17) is 14.1 Å². The minimum Gasteiger partial charge on any atom is -0.546 e. The Hall–Kier alpha value is -4.16. The van der Waals surface area contributed by atoms with E-state index in [0.29, 0.717) is 29.4 Å². The molecule has 0 spiro atoms. The fraction of sp³-hybridized carbons (Fsp3) is 0.200. The van der Waals surface area contributed by atoms with Crippen LogP contribution in [0.25, 0.3) is 28.2 Å². The molecule has 1 N–H and O–H groups in total. The van der Waals surface area contributed by atoms with Gasteiger partial charge in [0.1, 0.15) is 24.2 Å². The Balaban J connectivity index is 1.56. The first-order chi connectivity index (χ1) is 17.6. The summed E-state index contributed by atoms with van der Waals surface area (Å²) >= 11 is 0. The van der Waals surface area contributed by atoms with Crippen molar-refractivity contribution >= 4 is 11.5 Å². The smallest absolute Gasteiger partial charge is 0.223 e. The van der Waals surface area contributed by atoms with Gasteiger partial charge in [0.2, 0.25) is 5.89 Å². The lowest BCUT2D eigenvalue weighted by atomic mass is 9.86. The van der Waals surface area contributed by atoms with Crippen LogP contribution < -0.4 is 9.84 Å². The van der Waals surface area contributed by atoms with Crippen molar-refractivity contribution in [2.75, 3.05) is 6.61 Å². The van der Waals surface area contributed by atoms with Crippen molar-refractivity contribution in [3.63, 3.8) is 0 Å². The van der Waals surface area contributed by atoms with Crippen molar-refractivity contribution < 1.29 is 24.2 Å². The maximum Gasteiger partial charge on any atom is 0.223 e. The molecule has 0 saturated carbocycles. The lowest BCUT2D eigenvalue weighted by molar-refractivity contribution is -0.307. The number of aliphatic hydroxyl groups excluding tert-OH is 1. The normalized spacial score (nSPS) is 14.5. The Kier molecular flexibility index (Phi) is 6.96. The first-order valence-corrected chi connectivity index (χ1v) is 12.0. The van der Waals surface area contributed by atoms with E-state index < -0.39 is 18.7 Å². The fourth-order valence-corrected chi connectivity index (χ4v) is 4.62. The lowest BCUT2D eigenvalue weighted by Crippen LogP contribution is -2.28. The monoisotopic (exact) mass is 480 g/mol. The predicted molar refractivity (Wildman–Crippen MR) is 135 cm³/mol. The van der Waals surface area contributed by atoms with Gasteiger partial charge in [0.05, 0.1) is 5.97 Å². The molecule has 6 nitrogen and oxygen atoms in total. The lowest BCUT2D eigenvalue weighted by Gasteiger charge is -2.23. The summed E-state index contributed by atoms with van der Waals surface area (Å²) in [5, 5.41) is 22.1. The largest absolute Gasteiger partial charge is 0.546 e. The zero-order valence-corrected chi connectivity index (χ0v) is 19.7. The number of nitrogens with zero attached hydrogens (tertiary/aromatic N) is 1. The predicted octanol–water partition coefficient (Wildman–Crippen LogP) is 5.20. The maximum absolute atomic E-state index is 11.4. The minimum atomic E-state index is -1.30. The van der Waals surface area contributed by atoms with E-state index in [1.54, 1.807) is 24.3 Å². The molecule has 0 fully saturated rings. The van der Waals surface area contributed by atoms with Crippen molar-refractivity contribution in [1.82, 2.24) is 4.98 Å². The average molecular weight is 481 g/mol. The molecule has 1 aliphatic rings. The minimum absolute atomic E-state index is 0.363. The molecular formula is C30H26NO5-. The van der Waals surface area contributed by atoms with Gasteiger partial charge in [0.15, 0.2) is 5.76 Å². The summed E-state index contributed by atoms with van der Waals surface area (Å²) in [6.45, 7) is -0.547. The van der Waals surface area contributed by atoms with Crippen LogP contribution in [-0.4, -0.2) is 22.7 Å². The number of carbonyl (C=O) groups is 1. The van der Waals surface area contributed by atoms with Crippen LogP contribution in [0.3, 0.4) is 0 Å². The molecule has 36 heavy (non-hydrogen) atoms. The Labute approximate surface area is 209 Å². The zero-order chi connectivity index (χ0) is 24.9. The van der Waals surface area contributed by atoms with Gasteiger partial charge in [0.25, 0.3) is 0 Å². The van der Waals surface area contributed by atoms with E-state index in [2.05, 4.69) is 0 Å². The van der Waals surface area contributed by atoms with Gasteiger partial charge in [0, 0.05) is 16.7 Å². The maximum atomic E-state index is 11.4. The molecule has 1 atom stereocenters. The van der Waals surface area contributed by atoms with E-state index in [-0.39, 0.29) is 0 Å². The zero-order valence-electron chi connectivity index (χ0n) is 19.7. The highest BCUT2D eigenvalue weighted by Crippen LogP contribution is 2.42. The van der Waals surface area contributed by atoms with Gasteiger partial charge in [-0.3, -0.25) is 0 Å². The van der Waals surface area contributed by atoms with Crippen molar-refractivity contribution in [2.24, 2.45) is 0 Å². The Bertz CT molecular complexity index is 1320. The van der Waals surface area contributed by atoms with Crippen molar-refractivity contribution in [2.45, 2.75) is 31.8 Å². The molecule has 1 aliphatic carbocycles. The third-order valence-corrected chi connectivity index (χ3v) is 6.34. The number of carboxylic acid groups (broad SMARTS) is 1. The Morgan fingerprint density at radius 1 is 0.944 bits per heavy atom. The molecule has 0 aliphatic heterocycles. The molecular weight excluding hydrogens is 454 g/mol. The standard InChI is InChI=1S/C30H27NO5/c32-26(33)19-35-23-15-9-14-22(18-23)28(34)24-16-7-8-17-25(24)30-31-27(20-10-3-1-4-11-20)29(36-30)21-12-5-2-6-13-21/h1-6,9-15,18,28,34H,7-8,16-17,19H2,(H,32,33)/p-1. The molecule has 0 saturated heterocycles. The molecule has 0 amide bonds. The number of carbonyl (C=O) groups excluding carboxylic acids is 1. The topological polar surface area (TPSA) is 95.6 Å². The summed E-state index contributed by atoms with van der Waals surface area (Å²) in [4.78, 5) is 15.7. The number of ether oxygens (including phenoxy) is 1. The highest BCUT2D eigenvalue weighted by molar-refractivity contribution is 5.79. The number of allylic oxidation sites excluding steroid dienone is 1. The first kappa shape index (κ1) is 23.6. The Morgan fingerprint density at radius 3 is 2.36 bits per heavy atom. The summed E-state index contributed by atoms with van der Waals surface area (Å²) in [7, 11) is 0. The molecule has 6 heteroatoms. The summed E-state index contributed by atoms with van der Waals surface area (Å²) in [5.74, 6) is 0.278. The van der Waals surface area contributed by atoms with Gasteiger partial charge in [-0.05, 0) is 49.0 Å². The van der Waals surface area contributed by atoms with Crippen LogP contribution in [0.15, 0.2) is 94.9 Å². The molecule has 1 unspecified atom stereocenters. The van der Waals surface area contributed by atoms with E-state index >= 15 is 0 Å². The molecule has 4 aromatic rings. The van der Waals surface area contributed by atoms with Crippen molar-refractivity contribution in [1.29, 1.82) is 0 Å². The number of carboxylic acids is 1. The molecule has 5 rings (SSSR count). The van der Waals surface area contributed by atoms with Crippen LogP contribution in [0.1, 0.15) is 43.2 Å². The van der Waals surface area contributed by atoms with Crippen LogP contribution in [0, 0.1) is 0 Å². The van der Waals surface area contributed by atoms with Crippen LogP contribution in [0.4, 0.5) is 0 Å². The first-order valence-electron chi connectivity index (χ1n) is 12.0. The molecule has 182 valence electrons. The molecule has 3 aromatic carbocycles. The van der Waals surface area contributed by atoms with E-state index in [1.165, 1.54) is 0 Å². The van der Waals surface area contributed by atoms with Gasteiger partial charge in [-0.25, -0.2) is 4.98 Å².